The normalized spacial score (nSPS) is 35.1. The molecule has 3 saturated carbocycles. The van der Waals surface area contributed by atoms with Gasteiger partial charge >= 0.3 is 0 Å². The molecule has 0 heterocycles. The summed E-state index contributed by atoms with van der Waals surface area (Å²) >= 11 is 0. The van der Waals surface area contributed by atoms with Crippen LogP contribution in [0.2, 0.25) is 0 Å². The minimum absolute atomic E-state index is 0.527. The van der Waals surface area contributed by atoms with E-state index in [4.69, 9.17) is 4.74 Å². The van der Waals surface area contributed by atoms with Crippen molar-refractivity contribution in [2.45, 2.75) is 70.4 Å². The molecule has 0 aromatic heterocycles. The van der Waals surface area contributed by atoms with Crippen molar-refractivity contribution >= 4 is 0 Å². The Balaban J connectivity index is 1.50. The van der Waals surface area contributed by atoms with Crippen LogP contribution in [0, 0.1) is 11.3 Å². The van der Waals surface area contributed by atoms with Crippen LogP contribution in [0.25, 0.3) is 0 Å². The van der Waals surface area contributed by atoms with Crippen LogP contribution in [0.15, 0.2) is 0 Å². The summed E-state index contributed by atoms with van der Waals surface area (Å²) in [5.74, 6) is 1.06. The van der Waals surface area contributed by atoms with E-state index in [1.807, 2.05) is 0 Å². The van der Waals surface area contributed by atoms with Gasteiger partial charge in [-0.25, -0.2) is 0 Å². The van der Waals surface area contributed by atoms with Crippen molar-refractivity contribution < 1.29 is 4.74 Å². The third-order valence-corrected chi connectivity index (χ3v) is 5.33. The van der Waals surface area contributed by atoms with Gasteiger partial charge in [0.1, 0.15) is 0 Å². The maximum Gasteiger partial charge on any atom is 0.0661 e. The van der Waals surface area contributed by atoms with Gasteiger partial charge < -0.3 is 10.1 Å². The van der Waals surface area contributed by atoms with Gasteiger partial charge in [0.2, 0.25) is 0 Å². The molecule has 0 amide bonds. The molecule has 0 aliphatic heterocycles. The van der Waals surface area contributed by atoms with Crippen LogP contribution in [0.4, 0.5) is 0 Å². The first-order valence-electron chi connectivity index (χ1n) is 7.70. The van der Waals surface area contributed by atoms with Crippen LogP contribution in [-0.2, 0) is 4.74 Å². The Bertz CT molecular complexity index is 256. The first-order valence-corrected chi connectivity index (χ1v) is 7.70. The third kappa shape index (κ3) is 2.26. The summed E-state index contributed by atoms with van der Waals surface area (Å²) in [6.07, 6.45) is 11.8. The summed E-state index contributed by atoms with van der Waals surface area (Å²) in [6.45, 7) is 4.27. The van der Waals surface area contributed by atoms with Gasteiger partial charge in [-0.15, -0.1) is 0 Å². The van der Waals surface area contributed by atoms with Crippen molar-refractivity contribution in [3.63, 3.8) is 0 Å². The highest BCUT2D eigenvalue weighted by atomic mass is 16.5. The van der Waals surface area contributed by atoms with Crippen LogP contribution >= 0.6 is 0 Å². The highest BCUT2D eigenvalue weighted by Crippen LogP contribution is 2.54. The van der Waals surface area contributed by atoms with Crippen LogP contribution in [-0.4, -0.2) is 25.3 Å². The minimum Gasteiger partial charge on any atom is -0.378 e. The molecule has 0 radical (unpaired) electrons. The Morgan fingerprint density at radius 3 is 2.65 bits per heavy atom. The lowest BCUT2D eigenvalue weighted by Crippen LogP contribution is -2.62. The topological polar surface area (TPSA) is 21.3 Å². The van der Waals surface area contributed by atoms with Crippen LogP contribution in [0.5, 0.6) is 0 Å². The number of hydrogen-bond donors (Lipinski definition) is 1. The van der Waals surface area contributed by atoms with Gasteiger partial charge in [0.05, 0.1) is 6.10 Å². The molecule has 1 N–H and O–H groups in total. The maximum atomic E-state index is 5.95. The molecular formula is C15H27NO. The minimum atomic E-state index is 0.527. The Morgan fingerprint density at radius 2 is 2.00 bits per heavy atom. The Kier molecular flexibility index (Phi) is 3.45. The fraction of sp³-hybridized carbons (Fsp3) is 1.00. The Morgan fingerprint density at radius 1 is 1.24 bits per heavy atom. The predicted molar refractivity (Wildman–Crippen MR) is 70.1 cm³/mol. The van der Waals surface area contributed by atoms with Crippen molar-refractivity contribution in [1.29, 1.82) is 0 Å². The molecular weight excluding hydrogens is 210 g/mol. The summed E-state index contributed by atoms with van der Waals surface area (Å²) in [7, 11) is 0. The van der Waals surface area contributed by atoms with Gasteiger partial charge in [0.25, 0.3) is 0 Å². The van der Waals surface area contributed by atoms with Gasteiger partial charge in [-0.1, -0.05) is 25.7 Å². The molecule has 2 unspecified atom stereocenters. The monoisotopic (exact) mass is 237 g/mol. The molecule has 3 aliphatic carbocycles. The summed E-state index contributed by atoms with van der Waals surface area (Å²) in [4.78, 5) is 0. The molecule has 98 valence electrons. The van der Waals surface area contributed by atoms with E-state index in [-0.39, 0.29) is 0 Å². The highest BCUT2D eigenvalue weighted by molar-refractivity contribution is 5.09. The molecule has 2 heteroatoms. The second-order valence-corrected chi connectivity index (χ2v) is 6.36. The van der Waals surface area contributed by atoms with Gasteiger partial charge in [-0.05, 0) is 45.1 Å². The van der Waals surface area contributed by atoms with E-state index in [0.29, 0.717) is 11.5 Å². The fourth-order valence-corrected chi connectivity index (χ4v) is 4.04. The van der Waals surface area contributed by atoms with Gasteiger partial charge in [0, 0.05) is 18.1 Å². The fourth-order valence-electron chi connectivity index (χ4n) is 4.04. The Labute approximate surface area is 105 Å². The van der Waals surface area contributed by atoms with Gasteiger partial charge in [-0.2, -0.15) is 0 Å². The predicted octanol–water partition coefficient (Wildman–Crippen LogP) is 3.11. The highest BCUT2D eigenvalue weighted by Gasteiger charge is 2.56. The molecule has 2 atom stereocenters. The van der Waals surface area contributed by atoms with Crippen LogP contribution < -0.4 is 5.32 Å². The van der Waals surface area contributed by atoms with Crippen molar-refractivity contribution in [2.24, 2.45) is 11.3 Å². The number of ether oxygens (including phenoxy) is 1. The summed E-state index contributed by atoms with van der Waals surface area (Å²) in [5, 5.41) is 3.83. The molecule has 1 spiro atoms. The second-order valence-electron chi connectivity index (χ2n) is 6.36. The van der Waals surface area contributed by atoms with Crippen LogP contribution in [0.3, 0.4) is 0 Å². The molecule has 0 bridgehead atoms. The molecule has 3 rings (SSSR count). The second kappa shape index (κ2) is 4.89. The standard InChI is InChI=1S/C15H27NO/c1-2-17-14-11-13(15(14)8-3-4-9-15)16-10-7-12-5-6-12/h12-14,16H,2-11H2,1H3. The van der Waals surface area contributed by atoms with E-state index in [9.17, 15) is 0 Å². The molecule has 0 aromatic carbocycles. The van der Waals surface area contributed by atoms with E-state index in [0.717, 1.165) is 18.6 Å². The number of hydrogen-bond acceptors (Lipinski definition) is 2. The lowest BCUT2D eigenvalue weighted by atomic mass is 9.60. The third-order valence-electron chi connectivity index (χ3n) is 5.33. The first-order chi connectivity index (χ1) is 8.35. The molecule has 3 aliphatic rings. The Hall–Kier alpha value is -0.0800. The van der Waals surface area contributed by atoms with E-state index in [2.05, 4.69) is 12.2 Å². The maximum absolute atomic E-state index is 5.95. The molecule has 0 saturated heterocycles. The van der Waals surface area contributed by atoms with Crippen molar-refractivity contribution in [3.05, 3.63) is 0 Å². The summed E-state index contributed by atoms with van der Waals surface area (Å²) in [6, 6.07) is 0.764. The average molecular weight is 237 g/mol. The molecule has 3 fully saturated rings. The van der Waals surface area contributed by atoms with Gasteiger partial charge in [0.15, 0.2) is 0 Å². The first kappa shape index (κ1) is 12.0. The summed E-state index contributed by atoms with van der Waals surface area (Å²) < 4.78 is 5.95. The van der Waals surface area contributed by atoms with E-state index >= 15 is 0 Å². The van der Waals surface area contributed by atoms with Crippen molar-refractivity contribution in [3.8, 4) is 0 Å². The quantitative estimate of drug-likeness (QED) is 0.766. The zero-order valence-electron chi connectivity index (χ0n) is 11.2. The van der Waals surface area contributed by atoms with Crippen molar-refractivity contribution in [2.75, 3.05) is 13.2 Å². The lowest BCUT2D eigenvalue weighted by molar-refractivity contribution is -0.130. The van der Waals surface area contributed by atoms with E-state index in [1.54, 1.807) is 0 Å². The zero-order valence-corrected chi connectivity index (χ0v) is 11.2. The largest absolute Gasteiger partial charge is 0.378 e. The smallest absolute Gasteiger partial charge is 0.0661 e. The number of nitrogens with one attached hydrogen (secondary N) is 1. The van der Waals surface area contributed by atoms with Crippen LogP contribution in [0.1, 0.15) is 58.3 Å². The zero-order chi connectivity index (χ0) is 11.7. The van der Waals surface area contributed by atoms with Crippen molar-refractivity contribution in [1.82, 2.24) is 5.32 Å². The van der Waals surface area contributed by atoms with E-state index < -0.39 is 0 Å². The van der Waals surface area contributed by atoms with Gasteiger partial charge in [-0.3, -0.25) is 0 Å². The molecule has 2 nitrogen and oxygen atoms in total. The lowest BCUT2D eigenvalue weighted by Gasteiger charge is -2.54. The summed E-state index contributed by atoms with van der Waals surface area (Å²) in [5.41, 5.74) is 0.527. The molecule has 17 heavy (non-hydrogen) atoms. The average Bonchev–Trinajstić information content (AvgIpc) is 2.99. The van der Waals surface area contributed by atoms with E-state index in [1.165, 1.54) is 57.9 Å². The SMILES string of the molecule is CCOC1CC(NCCC2CC2)C12CCCC2. The number of rotatable bonds is 6. The molecule has 0 aromatic rings.